The molecule has 0 heterocycles. The molecule has 1 aromatic rings. The highest BCUT2D eigenvalue weighted by Gasteiger charge is 2.80. The summed E-state index contributed by atoms with van der Waals surface area (Å²) in [6.45, 7) is 5.27. The van der Waals surface area contributed by atoms with Gasteiger partial charge in [-0.1, -0.05) is 43.7 Å². The third-order valence-corrected chi connectivity index (χ3v) is 10.6. The minimum atomic E-state index is -1.80. The van der Waals surface area contributed by atoms with E-state index in [9.17, 15) is 30.3 Å². The van der Waals surface area contributed by atoms with Gasteiger partial charge < -0.3 is 30.3 Å². The lowest BCUT2D eigenvalue weighted by Crippen LogP contribution is -2.78. The summed E-state index contributed by atoms with van der Waals surface area (Å²) in [5, 5.41) is 58.4. The number of aliphatic hydroxyl groups excluding tert-OH is 2. The van der Waals surface area contributed by atoms with Gasteiger partial charge in [0.15, 0.2) is 0 Å². The van der Waals surface area contributed by atoms with Crippen molar-refractivity contribution in [3.8, 4) is 0 Å². The minimum absolute atomic E-state index is 0.0686. The van der Waals surface area contributed by atoms with E-state index in [-0.39, 0.29) is 25.7 Å². The average molecular weight is 487 g/mol. The normalized spacial score (nSPS) is 47.7. The summed E-state index contributed by atoms with van der Waals surface area (Å²) in [4.78, 5) is 12.8. The SMILES string of the molecule is C[C@H](OC(=O)c1ccccc1)[C@]1(O)CC[C@@]2(O)[C@]1(C)[C@H](O)C[C@H]1[C@@]3(C)CC[C@H](O)CC3=CC[C@]12O. The van der Waals surface area contributed by atoms with Gasteiger partial charge in [-0.3, -0.25) is 0 Å². The zero-order chi connectivity index (χ0) is 25.4. The average Bonchev–Trinajstić information content (AvgIpc) is 3.06. The van der Waals surface area contributed by atoms with E-state index in [1.165, 1.54) is 0 Å². The zero-order valence-electron chi connectivity index (χ0n) is 20.8. The first-order chi connectivity index (χ1) is 16.3. The van der Waals surface area contributed by atoms with E-state index >= 15 is 0 Å². The third-order valence-electron chi connectivity index (χ3n) is 10.6. The fourth-order valence-electron chi connectivity index (χ4n) is 8.25. The van der Waals surface area contributed by atoms with Gasteiger partial charge in [-0.2, -0.15) is 0 Å². The predicted molar refractivity (Wildman–Crippen MR) is 128 cm³/mol. The highest BCUT2D eigenvalue weighted by Crippen LogP contribution is 2.70. The molecule has 0 spiro atoms. The van der Waals surface area contributed by atoms with Gasteiger partial charge in [0.25, 0.3) is 0 Å². The molecule has 1 aromatic carbocycles. The molecule has 4 aliphatic carbocycles. The Morgan fingerprint density at radius 1 is 1.06 bits per heavy atom. The number of carbonyl (C=O) groups is 1. The van der Waals surface area contributed by atoms with Gasteiger partial charge in [-0.25, -0.2) is 4.79 Å². The molecule has 0 radical (unpaired) electrons. The minimum Gasteiger partial charge on any atom is -0.456 e. The summed E-state index contributed by atoms with van der Waals surface area (Å²) in [7, 11) is 0. The number of carbonyl (C=O) groups excluding carboxylic acids is 1. The molecular formula is C28H38O7. The van der Waals surface area contributed by atoms with E-state index in [2.05, 4.69) is 6.92 Å². The number of hydrogen-bond acceptors (Lipinski definition) is 7. The van der Waals surface area contributed by atoms with Gasteiger partial charge in [-0.05, 0) is 69.4 Å². The number of aliphatic hydroxyl groups is 5. The molecule has 35 heavy (non-hydrogen) atoms. The molecule has 7 nitrogen and oxygen atoms in total. The molecule has 4 aliphatic rings. The third kappa shape index (κ3) is 3.05. The Labute approximate surface area is 206 Å². The quantitative estimate of drug-likeness (QED) is 0.328. The number of fused-ring (bicyclic) bond motifs is 5. The Morgan fingerprint density at radius 3 is 2.43 bits per heavy atom. The fraction of sp³-hybridized carbons (Fsp3) is 0.679. The first-order valence-electron chi connectivity index (χ1n) is 12.8. The molecule has 0 aliphatic heterocycles. The van der Waals surface area contributed by atoms with Gasteiger partial charge in [0.2, 0.25) is 0 Å². The molecule has 9 atom stereocenters. The van der Waals surface area contributed by atoms with Crippen LogP contribution in [-0.4, -0.2) is 66.6 Å². The lowest BCUT2D eigenvalue weighted by molar-refractivity contribution is -0.325. The Balaban J connectivity index is 1.51. The Morgan fingerprint density at radius 2 is 1.74 bits per heavy atom. The van der Waals surface area contributed by atoms with Crippen LogP contribution in [0.4, 0.5) is 0 Å². The van der Waals surface area contributed by atoms with E-state index in [0.29, 0.717) is 24.8 Å². The second-order valence-electron chi connectivity index (χ2n) is 11.9. The standard InChI is InChI=1S/C28H38O7/c1-17(35-23(31)18-7-5-4-6-8-18)26(32)13-14-28(34)25(26,3)22(30)16-21-24(2)11-10-20(29)15-19(24)9-12-27(21,28)33/h4-9,17,20-22,29-30,32-34H,10-16H2,1-3H3/t17-,20-,21-,22+,24-,25+,26+,27-,28+/m0/s1. The molecule has 0 saturated heterocycles. The van der Waals surface area contributed by atoms with Crippen LogP contribution in [0.25, 0.3) is 0 Å². The molecule has 5 N–H and O–H groups in total. The van der Waals surface area contributed by atoms with Crippen molar-refractivity contribution in [2.24, 2.45) is 16.7 Å². The largest absolute Gasteiger partial charge is 0.456 e. The van der Waals surface area contributed by atoms with E-state index in [1.54, 1.807) is 44.2 Å². The number of benzene rings is 1. The van der Waals surface area contributed by atoms with Gasteiger partial charge in [-0.15, -0.1) is 0 Å². The van der Waals surface area contributed by atoms with Gasteiger partial charge in [0.05, 0.1) is 23.2 Å². The van der Waals surface area contributed by atoms with Crippen LogP contribution in [0.2, 0.25) is 0 Å². The van der Waals surface area contributed by atoms with Crippen LogP contribution in [0.5, 0.6) is 0 Å². The van der Waals surface area contributed by atoms with E-state index in [1.807, 2.05) is 6.08 Å². The number of esters is 1. The van der Waals surface area contributed by atoms with Crippen molar-refractivity contribution in [3.05, 3.63) is 47.5 Å². The van der Waals surface area contributed by atoms with Crippen LogP contribution in [0, 0.1) is 16.7 Å². The van der Waals surface area contributed by atoms with Gasteiger partial charge in [0.1, 0.15) is 22.9 Å². The molecule has 5 rings (SSSR count). The van der Waals surface area contributed by atoms with Crippen molar-refractivity contribution in [1.29, 1.82) is 0 Å². The molecule has 0 amide bonds. The van der Waals surface area contributed by atoms with Gasteiger partial charge >= 0.3 is 5.97 Å². The van der Waals surface area contributed by atoms with Crippen LogP contribution in [0.1, 0.15) is 76.1 Å². The van der Waals surface area contributed by atoms with Crippen molar-refractivity contribution in [2.75, 3.05) is 0 Å². The van der Waals surface area contributed by atoms with Crippen LogP contribution in [0.15, 0.2) is 42.0 Å². The van der Waals surface area contributed by atoms with Gasteiger partial charge in [0, 0.05) is 5.92 Å². The first kappa shape index (κ1) is 24.9. The smallest absolute Gasteiger partial charge is 0.338 e. The number of ether oxygens (including phenoxy) is 1. The van der Waals surface area contributed by atoms with Crippen molar-refractivity contribution < 1.29 is 35.1 Å². The Hall–Kier alpha value is -1.77. The fourth-order valence-corrected chi connectivity index (χ4v) is 8.25. The van der Waals surface area contributed by atoms with E-state index < -0.39 is 57.8 Å². The maximum Gasteiger partial charge on any atom is 0.338 e. The second kappa shape index (κ2) is 7.86. The predicted octanol–water partition coefficient (Wildman–Crippen LogP) is 2.49. The van der Waals surface area contributed by atoms with Crippen molar-refractivity contribution in [2.45, 2.75) is 101 Å². The van der Waals surface area contributed by atoms with E-state index in [4.69, 9.17) is 4.74 Å². The maximum absolute atomic E-state index is 12.8. The summed E-state index contributed by atoms with van der Waals surface area (Å²) in [5.41, 5.74) is -5.69. The molecule has 3 saturated carbocycles. The summed E-state index contributed by atoms with van der Waals surface area (Å²) in [5.74, 6) is -1.02. The van der Waals surface area contributed by atoms with E-state index in [0.717, 1.165) is 5.57 Å². The molecule has 0 unspecified atom stereocenters. The Kier molecular flexibility index (Phi) is 5.59. The maximum atomic E-state index is 12.8. The second-order valence-corrected chi connectivity index (χ2v) is 11.9. The monoisotopic (exact) mass is 486 g/mol. The van der Waals surface area contributed by atoms with Crippen LogP contribution in [-0.2, 0) is 4.74 Å². The Bertz CT molecular complexity index is 1040. The highest BCUT2D eigenvalue weighted by atomic mass is 16.6. The van der Waals surface area contributed by atoms with Crippen molar-refractivity contribution in [3.63, 3.8) is 0 Å². The molecule has 3 fully saturated rings. The number of rotatable bonds is 3. The zero-order valence-corrected chi connectivity index (χ0v) is 20.8. The van der Waals surface area contributed by atoms with Crippen molar-refractivity contribution >= 4 is 5.97 Å². The summed E-state index contributed by atoms with van der Waals surface area (Å²) >= 11 is 0. The molecule has 192 valence electrons. The first-order valence-corrected chi connectivity index (χ1v) is 12.8. The summed E-state index contributed by atoms with van der Waals surface area (Å²) in [6, 6.07) is 8.49. The van der Waals surface area contributed by atoms with Crippen LogP contribution >= 0.6 is 0 Å². The van der Waals surface area contributed by atoms with Crippen LogP contribution < -0.4 is 0 Å². The molecule has 0 bridgehead atoms. The summed E-state index contributed by atoms with van der Waals surface area (Å²) in [6.07, 6.45) is 1.68. The van der Waals surface area contributed by atoms with Crippen LogP contribution in [0.3, 0.4) is 0 Å². The highest BCUT2D eigenvalue weighted by molar-refractivity contribution is 5.89. The summed E-state index contributed by atoms with van der Waals surface area (Å²) < 4.78 is 5.68. The lowest BCUT2D eigenvalue weighted by Gasteiger charge is -2.67. The molecule has 7 heteroatoms. The molecule has 0 aromatic heterocycles. The lowest BCUT2D eigenvalue weighted by atomic mass is 9.42. The molecular weight excluding hydrogens is 448 g/mol. The van der Waals surface area contributed by atoms with Crippen molar-refractivity contribution in [1.82, 2.24) is 0 Å². The number of hydrogen-bond donors (Lipinski definition) is 5. The topological polar surface area (TPSA) is 127 Å².